The van der Waals surface area contributed by atoms with Crippen molar-refractivity contribution in [2.24, 2.45) is 5.73 Å². The lowest BCUT2D eigenvalue weighted by Gasteiger charge is -2.37. The first-order valence-corrected chi connectivity index (χ1v) is 8.06. The Morgan fingerprint density at radius 2 is 1.95 bits per heavy atom. The van der Waals surface area contributed by atoms with Gasteiger partial charge in [0.2, 0.25) is 0 Å². The highest BCUT2D eigenvalue weighted by molar-refractivity contribution is 5.39. The summed E-state index contributed by atoms with van der Waals surface area (Å²) in [5, 5.41) is 0. The van der Waals surface area contributed by atoms with Gasteiger partial charge in [0.1, 0.15) is 6.61 Å². The molecule has 0 spiro atoms. The van der Waals surface area contributed by atoms with Gasteiger partial charge in [-0.1, -0.05) is 18.6 Å². The van der Waals surface area contributed by atoms with Crippen molar-refractivity contribution in [1.82, 2.24) is 4.90 Å². The maximum Gasteiger partial charge on any atom is 0.161 e. The third-order valence-electron chi connectivity index (χ3n) is 4.06. The van der Waals surface area contributed by atoms with Gasteiger partial charge in [-0.2, -0.15) is 0 Å². The van der Waals surface area contributed by atoms with Crippen molar-refractivity contribution in [3.63, 3.8) is 0 Å². The van der Waals surface area contributed by atoms with E-state index in [-0.39, 0.29) is 6.04 Å². The van der Waals surface area contributed by atoms with Crippen LogP contribution in [-0.2, 0) is 0 Å². The van der Waals surface area contributed by atoms with Gasteiger partial charge in [0.05, 0.1) is 6.61 Å². The molecule has 2 N–H and O–H groups in total. The van der Waals surface area contributed by atoms with Crippen molar-refractivity contribution < 1.29 is 9.47 Å². The van der Waals surface area contributed by atoms with Crippen LogP contribution in [0.2, 0.25) is 0 Å². The number of piperidine rings is 1. The first kappa shape index (κ1) is 16.1. The molecule has 1 heterocycles. The molecular weight excluding hydrogens is 264 g/mol. The van der Waals surface area contributed by atoms with Gasteiger partial charge in [-0.25, -0.2) is 0 Å². The van der Waals surface area contributed by atoms with Crippen LogP contribution in [0.3, 0.4) is 0 Å². The van der Waals surface area contributed by atoms with Crippen LogP contribution in [0.1, 0.15) is 33.1 Å². The summed E-state index contributed by atoms with van der Waals surface area (Å²) in [4.78, 5) is 2.47. The van der Waals surface area contributed by atoms with Crippen LogP contribution >= 0.6 is 0 Å². The molecule has 1 aliphatic rings. The third kappa shape index (κ3) is 4.61. The summed E-state index contributed by atoms with van der Waals surface area (Å²) in [6, 6.07) is 8.57. The van der Waals surface area contributed by atoms with Crippen LogP contribution in [0.15, 0.2) is 24.3 Å². The number of ether oxygens (including phenoxy) is 2. The van der Waals surface area contributed by atoms with Crippen LogP contribution in [0.4, 0.5) is 0 Å². The molecule has 118 valence electrons. The molecule has 0 amide bonds. The largest absolute Gasteiger partial charge is 0.490 e. The molecule has 2 atom stereocenters. The minimum absolute atomic E-state index is 0.223. The molecule has 1 aromatic rings. The third-order valence-corrected chi connectivity index (χ3v) is 4.06. The zero-order valence-corrected chi connectivity index (χ0v) is 13.3. The number of rotatable bonds is 7. The molecule has 0 radical (unpaired) electrons. The average molecular weight is 292 g/mol. The Hall–Kier alpha value is -1.26. The number of hydrogen-bond donors (Lipinski definition) is 1. The van der Waals surface area contributed by atoms with E-state index < -0.39 is 0 Å². The molecule has 2 unspecified atom stereocenters. The van der Waals surface area contributed by atoms with Crippen molar-refractivity contribution in [3.8, 4) is 11.5 Å². The summed E-state index contributed by atoms with van der Waals surface area (Å²) < 4.78 is 11.5. The highest BCUT2D eigenvalue weighted by atomic mass is 16.5. The predicted octanol–water partition coefficient (Wildman–Crippen LogP) is 2.67. The fourth-order valence-electron chi connectivity index (χ4n) is 3.01. The molecule has 1 aliphatic heterocycles. The number of likely N-dealkylation sites (tertiary alicyclic amines) is 1. The molecule has 1 aromatic carbocycles. The fraction of sp³-hybridized carbons (Fsp3) is 0.647. The molecule has 0 aliphatic carbocycles. The Morgan fingerprint density at radius 1 is 1.24 bits per heavy atom. The van der Waals surface area contributed by atoms with Crippen molar-refractivity contribution in [3.05, 3.63) is 24.3 Å². The highest BCUT2D eigenvalue weighted by Crippen LogP contribution is 2.26. The molecule has 4 heteroatoms. The lowest BCUT2D eigenvalue weighted by molar-refractivity contribution is 0.108. The van der Waals surface area contributed by atoms with Gasteiger partial charge < -0.3 is 15.2 Å². The van der Waals surface area contributed by atoms with E-state index in [4.69, 9.17) is 15.2 Å². The Balaban J connectivity index is 1.86. The zero-order chi connectivity index (χ0) is 15.1. The van der Waals surface area contributed by atoms with Crippen LogP contribution in [0.25, 0.3) is 0 Å². The van der Waals surface area contributed by atoms with Gasteiger partial charge in [-0.3, -0.25) is 4.90 Å². The second-order valence-electron chi connectivity index (χ2n) is 5.69. The van der Waals surface area contributed by atoms with E-state index in [1.54, 1.807) is 0 Å². The molecule has 1 fully saturated rings. The molecule has 2 rings (SSSR count). The maximum atomic E-state index is 6.10. The van der Waals surface area contributed by atoms with Gasteiger partial charge in [0, 0.05) is 18.6 Å². The summed E-state index contributed by atoms with van der Waals surface area (Å²) >= 11 is 0. The topological polar surface area (TPSA) is 47.7 Å². The predicted molar refractivity (Wildman–Crippen MR) is 86.0 cm³/mol. The molecule has 4 nitrogen and oxygen atoms in total. The Morgan fingerprint density at radius 3 is 2.62 bits per heavy atom. The minimum Gasteiger partial charge on any atom is -0.490 e. The lowest BCUT2D eigenvalue weighted by Crippen LogP contribution is -2.50. The molecule has 1 saturated heterocycles. The number of nitrogens with zero attached hydrogens (tertiary/aromatic N) is 1. The normalized spacial score (nSPS) is 21.0. The number of benzene rings is 1. The Bertz CT molecular complexity index is 423. The van der Waals surface area contributed by atoms with Gasteiger partial charge in [-0.05, 0) is 45.4 Å². The molecule has 0 saturated carbocycles. The van der Waals surface area contributed by atoms with Crippen molar-refractivity contribution in [1.29, 1.82) is 0 Å². The minimum atomic E-state index is 0.223. The number of para-hydroxylation sites is 2. The number of nitrogens with two attached hydrogens (primary N) is 1. The average Bonchev–Trinajstić information content (AvgIpc) is 2.49. The second kappa shape index (κ2) is 8.25. The molecule has 0 aromatic heterocycles. The van der Waals surface area contributed by atoms with Crippen LogP contribution in [0.5, 0.6) is 11.5 Å². The van der Waals surface area contributed by atoms with E-state index in [2.05, 4.69) is 11.8 Å². The zero-order valence-electron chi connectivity index (χ0n) is 13.3. The van der Waals surface area contributed by atoms with Gasteiger partial charge in [-0.15, -0.1) is 0 Å². The first-order valence-electron chi connectivity index (χ1n) is 8.06. The van der Waals surface area contributed by atoms with E-state index in [0.29, 0.717) is 19.3 Å². The monoisotopic (exact) mass is 292 g/mol. The van der Waals surface area contributed by atoms with Gasteiger partial charge >= 0.3 is 0 Å². The van der Waals surface area contributed by atoms with Gasteiger partial charge in [0.15, 0.2) is 11.5 Å². The standard InChI is InChI=1S/C17H28N2O2/c1-3-20-16-9-4-5-10-17(16)21-13-12-19-11-7-6-8-15(19)14(2)18/h4-5,9-10,14-15H,3,6-8,11-13,18H2,1-2H3. The summed E-state index contributed by atoms with van der Waals surface area (Å²) in [5.41, 5.74) is 6.10. The highest BCUT2D eigenvalue weighted by Gasteiger charge is 2.24. The quantitative estimate of drug-likeness (QED) is 0.839. The maximum absolute atomic E-state index is 6.10. The van der Waals surface area contributed by atoms with Crippen molar-refractivity contribution in [2.75, 3.05) is 26.3 Å². The SMILES string of the molecule is CCOc1ccccc1OCCN1CCCCC1C(C)N. The Kier molecular flexibility index (Phi) is 6.33. The van der Waals surface area contributed by atoms with Crippen molar-refractivity contribution in [2.45, 2.75) is 45.2 Å². The lowest BCUT2D eigenvalue weighted by atomic mass is 9.97. The first-order chi connectivity index (χ1) is 10.2. The number of hydrogen-bond acceptors (Lipinski definition) is 4. The molecule has 0 bridgehead atoms. The van der Waals surface area contributed by atoms with Gasteiger partial charge in [0.25, 0.3) is 0 Å². The van der Waals surface area contributed by atoms with Crippen LogP contribution in [0, 0.1) is 0 Å². The van der Waals surface area contributed by atoms with E-state index >= 15 is 0 Å². The van der Waals surface area contributed by atoms with Crippen LogP contribution in [-0.4, -0.2) is 43.3 Å². The second-order valence-corrected chi connectivity index (χ2v) is 5.69. The Labute approximate surface area is 128 Å². The smallest absolute Gasteiger partial charge is 0.161 e. The summed E-state index contributed by atoms with van der Waals surface area (Å²) in [5.74, 6) is 1.65. The summed E-state index contributed by atoms with van der Waals surface area (Å²) in [6.45, 7) is 7.47. The van der Waals surface area contributed by atoms with E-state index in [1.165, 1.54) is 19.3 Å². The summed E-state index contributed by atoms with van der Waals surface area (Å²) in [7, 11) is 0. The fourth-order valence-corrected chi connectivity index (χ4v) is 3.01. The molecular formula is C17H28N2O2. The molecule has 21 heavy (non-hydrogen) atoms. The van der Waals surface area contributed by atoms with Crippen molar-refractivity contribution >= 4 is 0 Å². The van der Waals surface area contributed by atoms with E-state index in [1.807, 2.05) is 31.2 Å². The summed E-state index contributed by atoms with van der Waals surface area (Å²) in [6.07, 6.45) is 3.75. The van der Waals surface area contributed by atoms with E-state index in [9.17, 15) is 0 Å². The van der Waals surface area contributed by atoms with E-state index in [0.717, 1.165) is 24.6 Å². The van der Waals surface area contributed by atoms with Crippen LogP contribution < -0.4 is 15.2 Å².